The third-order valence-corrected chi connectivity index (χ3v) is 5.40. The van der Waals surface area contributed by atoms with Gasteiger partial charge in [-0.1, -0.05) is 35.9 Å². The molecule has 2 N–H and O–H groups in total. The van der Waals surface area contributed by atoms with Crippen LogP contribution in [0.3, 0.4) is 0 Å². The van der Waals surface area contributed by atoms with Crippen LogP contribution in [0.1, 0.15) is 29.7 Å². The van der Waals surface area contributed by atoms with Crippen molar-refractivity contribution in [1.29, 1.82) is 0 Å². The van der Waals surface area contributed by atoms with Crippen molar-refractivity contribution in [3.8, 4) is 11.5 Å². The first-order valence-corrected chi connectivity index (χ1v) is 9.81. The van der Waals surface area contributed by atoms with Crippen molar-refractivity contribution in [2.45, 2.75) is 31.7 Å². The van der Waals surface area contributed by atoms with Crippen molar-refractivity contribution in [3.05, 3.63) is 77.4 Å². The molecule has 3 aromatic rings. The lowest BCUT2D eigenvalue weighted by Gasteiger charge is -2.19. The second-order valence-corrected chi connectivity index (χ2v) is 7.55. The van der Waals surface area contributed by atoms with Crippen molar-refractivity contribution in [2.24, 2.45) is 4.99 Å². The Kier molecular flexibility index (Phi) is 5.34. The Bertz CT molecular complexity index is 1010. The largest absolute Gasteiger partial charge is 0.444 e. The Morgan fingerprint density at radius 2 is 1.90 bits per heavy atom. The van der Waals surface area contributed by atoms with E-state index >= 15 is 0 Å². The third kappa shape index (κ3) is 4.31. The van der Waals surface area contributed by atoms with Gasteiger partial charge in [0.05, 0.1) is 12.2 Å². The van der Waals surface area contributed by atoms with Gasteiger partial charge in [0.25, 0.3) is 0 Å². The molecule has 0 unspecified atom stereocenters. The third-order valence-electron chi connectivity index (χ3n) is 5.40. The fourth-order valence-electron chi connectivity index (χ4n) is 3.45. The molecule has 0 bridgehead atoms. The molecule has 150 valence electrons. The highest BCUT2D eigenvalue weighted by Crippen LogP contribution is 2.48. The molecule has 0 atom stereocenters. The fraction of sp³-hybridized carbons (Fsp3) is 0.304. The predicted octanol–water partition coefficient (Wildman–Crippen LogP) is 4.19. The first-order chi connectivity index (χ1) is 14.1. The second-order valence-electron chi connectivity index (χ2n) is 7.55. The zero-order valence-electron chi connectivity index (χ0n) is 16.7. The molecule has 0 amide bonds. The van der Waals surface area contributed by atoms with Gasteiger partial charge in [-0.25, -0.2) is 9.37 Å². The summed E-state index contributed by atoms with van der Waals surface area (Å²) in [7, 11) is 1.72. The summed E-state index contributed by atoms with van der Waals surface area (Å²) in [5.41, 5.74) is 3.57. The van der Waals surface area contributed by atoms with Gasteiger partial charge < -0.3 is 15.1 Å². The van der Waals surface area contributed by atoms with Crippen LogP contribution in [0, 0.1) is 12.7 Å². The number of benzene rings is 2. The molecule has 29 heavy (non-hydrogen) atoms. The Labute approximate surface area is 170 Å². The standard InChI is InChI=1S/C23H25FN4O/c1-16-7-9-17(10-8-16)21-28-18(14-29-21)13-26-22(25-2)27-15-23(11-12-23)19-5-3-4-6-20(19)24/h3-10,14H,11-13,15H2,1-2H3,(H2,25,26,27). The van der Waals surface area contributed by atoms with Crippen molar-refractivity contribution in [2.75, 3.05) is 13.6 Å². The summed E-state index contributed by atoms with van der Waals surface area (Å²) >= 11 is 0. The van der Waals surface area contributed by atoms with Gasteiger partial charge in [-0.3, -0.25) is 4.99 Å². The molecule has 1 aliphatic carbocycles. The van der Waals surface area contributed by atoms with Crippen molar-refractivity contribution < 1.29 is 8.81 Å². The predicted molar refractivity (Wildman–Crippen MR) is 112 cm³/mol. The van der Waals surface area contributed by atoms with Crippen molar-refractivity contribution in [3.63, 3.8) is 0 Å². The maximum atomic E-state index is 14.2. The van der Waals surface area contributed by atoms with Gasteiger partial charge in [-0.05, 0) is 43.5 Å². The molecule has 1 aromatic heterocycles. The summed E-state index contributed by atoms with van der Waals surface area (Å²) < 4.78 is 19.8. The zero-order valence-corrected chi connectivity index (χ0v) is 16.7. The molecule has 5 nitrogen and oxygen atoms in total. The van der Waals surface area contributed by atoms with Gasteiger partial charge in [0.15, 0.2) is 5.96 Å². The van der Waals surface area contributed by atoms with Crippen molar-refractivity contribution in [1.82, 2.24) is 15.6 Å². The van der Waals surface area contributed by atoms with Gasteiger partial charge in [0, 0.05) is 24.6 Å². The summed E-state index contributed by atoms with van der Waals surface area (Å²) in [4.78, 5) is 8.80. The lowest BCUT2D eigenvalue weighted by Crippen LogP contribution is -2.41. The lowest BCUT2D eigenvalue weighted by molar-refractivity contribution is 0.559. The molecule has 0 spiro atoms. The maximum Gasteiger partial charge on any atom is 0.226 e. The van der Waals surface area contributed by atoms with E-state index in [-0.39, 0.29) is 11.2 Å². The summed E-state index contributed by atoms with van der Waals surface area (Å²) in [5.74, 6) is 1.12. The SMILES string of the molecule is CN=C(NCc1coc(-c2ccc(C)cc2)n1)NCC1(c2ccccc2F)CC1. The number of aromatic nitrogens is 1. The van der Waals surface area contributed by atoms with Gasteiger partial charge in [0.2, 0.25) is 5.89 Å². The summed E-state index contributed by atoms with van der Waals surface area (Å²) in [6.07, 6.45) is 3.60. The van der Waals surface area contributed by atoms with Crippen LogP contribution in [0.2, 0.25) is 0 Å². The van der Waals surface area contributed by atoms with Gasteiger partial charge >= 0.3 is 0 Å². The number of hydrogen-bond donors (Lipinski definition) is 2. The molecular formula is C23H25FN4O. The van der Waals surface area contributed by atoms with E-state index in [4.69, 9.17) is 4.42 Å². The second kappa shape index (κ2) is 8.07. The summed E-state index contributed by atoms with van der Waals surface area (Å²) in [6, 6.07) is 15.1. The number of nitrogens with zero attached hydrogens (tertiary/aromatic N) is 2. The smallest absolute Gasteiger partial charge is 0.226 e. The van der Waals surface area contributed by atoms with E-state index in [0.717, 1.165) is 29.7 Å². The molecular weight excluding hydrogens is 367 g/mol. The van der Waals surface area contributed by atoms with E-state index in [1.165, 1.54) is 11.6 Å². The number of hydrogen-bond acceptors (Lipinski definition) is 3. The number of nitrogens with one attached hydrogen (secondary N) is 2. The molecule has 4 rings (SSSR count). The first-order valence-electron chi connectivity index (χ1n) is 9.81. The minimum atomic E-state index is -0.143. The molecule has 1 aliphatic rings. The van der Waals surface area contributed by atoms with Crippen LogP contribution in [0.4, 0.5) is 4.39 Å². The van der Waals surface area contributed by atoms with Crippen LogP contribution in [-0.2, 0) is 12.0 Å². The normalized spacial score (nSPS) is 15.2. The Hall–Kier alpha value is -3.15. The van der Waals surface area contributed by atoms with Crippen LogP contribution >= 0.6 is 0 Å². The lowest BCUT2D eigenvalue weighted by atomic mass is 9.95. The first kappa shape index (κ1) is 19.2. The van der Waals surface area contributed by atoms with Crippen LogP contribution in [0.5, 0.6) is 0 Å². The monoisotopic (exact) mass is 392 g/mol. The quantitative estimate of drug-likeness (QED) is 0.488. The highest BCUT2D eigenvalue weighted by Gasteiger charge is 2.45. The number of guanidine groups is 1. The van der Waals surface area contributed by atoms with Gasteiger partial charge in [-0.2, -0.15) is 0 Å². The van der Waals surface area contributed by atoms with Crippen LogP contribution in [0.15, 0.2) is 64.2 Å². The summed E-state index contributed by atoms with van der Waals surface area (Å²) in [6.45, 7) is 3.17. The van der Waals surface area contributed by atoms with Gasteiger partial charge in [-0.15, -0.1) is 0 Å². The van der Waals surface area contributed by atoms with Crippen LogP contribution in [0.25, 0.3) is 11.5 Å². The number of aliphatic imine (C=N–C) groups is 1. The van der Waals surface area contributed by atoms with E-state index in [1.54, 1.807) is 19.4 Å². The Morgan fingerprint density at radius 3 is 2.59 bits per heavy atom. The molecule has 0 saturated heterocycles. The fourth-order valence-corrected chi connectivity index (χ4v) is 3.45. The zero-order chi connectivity index (χ0) is 20.3. The molecule has 6 heteroatoms. The molecule has 1 heterocycles. The molecule has 0 aliphatic heterocycles. The average molecular weight is 392 g/mol. The number of rotatable bonds is 6. The number of oxazole rings is 1. The molecule has 2 aromatic carbocycles. The minimum absolute atomic E-state index is 0.138. The highest BCUT2D eigenvalue weighted by atomic mass is 19.1. The van der Waals surface area contributed by atoms with E-state index in [2.05, 4.69) is 20.6 Å². The summed E-state index contributed by atoms with van der Waals surface area (Å²) in [5, 5.41) is 6.58. The molecule has 1 fully saturated rings. The average Bonchev–Trinajstić information content (AvgIpc) is 3.37. The van der Waals surface area contributed by atoms with E-state index < -0.39 is 0 Å². The molecule has 0 radical (unpaired) electrons. The molecule has 1 saturated carbocycles. The van der Waals surface area contributed by atoms with E-state index in [1.807, 2.05) is 43.3 Å². The number of aryl methyl sites for hydroxylation is 1. The van der Waals surface area contributed by atoms with E-state index in [0.29, 0.717) is 24.9 Å². The number of halogens is 1. The minimum Gasteiger partial charge on any atom is -0.444 e. The van der Waals surface area contributed by atoms with Crippen molar-refractivity contribution >= 4 is 5.96 Å². The van der Waals surface area contributed by atoms with E-state index in [9.17, 15) is 4.39 Å². The van der Waals surface area contributed by atoms with Gasteiger partial charge in [0.1, 0.15) is 12.1 Å². The highest BCUT2D eigenvalue weighted by molar-refractivity contribution is 5.79. The van der Waals surface area contributed by atoms with Crippen LogP contribution < -0.4 is 10.6 Å². The topological polar surface area (TPSA) is 62.5 Å². The van der Waals surface area contributed by atoms with Crippen LogP contribution in [-0.4, -0.2) is 24.5 Å². The Morgan fingerprint density at radius 1 is 1.14 bits per heavy atom. The Balaban J connectivity index is 1.34. The maximum absolute atomic E-state index is 14.2.